The summed E-state index contributed by atoms with van der Waals surface area (Å²) in [6.45, 7) is 1.74. The maximum atomic E-state index is 12.3. The van der Waals surface area contributed by atoms with Crippen LogP contribution < -0.4 is 4.72 Å². The summed E-state index contributed by atoms with van der Waals surface area (Å²) in [6.07, 6.45) is 3.24. The summed E-state index contributed by atoms with van der Waals surface area (Å²) in [5, 5.41) is 5.60. The van der Waals surface area contributed by atoms with E-state index in [0.29, 0.717) is 30.6 Å². The zero-order valence-corrected chi connectivity index (χ0v) is 11.7. The lowest BCUT2D eigenvalue weighted by atomic mass is 10.1. The molecule has 2 atom stereocenters. The van der Waals surface area contributed by atoms with E-state index in [9.17, 15) is 13.2 Å². The molecule has 2 unspecified atom stereocenters. The lowest BCUT2D eigenvalue weighted by Crippen LogP contribution is -2.35. The minimum Gasteiger partial charge on any atom is -0.469 e. The molecular formula is C11H17N3O4S. The van der Waals surface area contributed by atoms with Crippen LogP contribution in [0.5, 0.6) is 0 Å². The van der Waals surface area contributed by atoms with Gasteiger partial charge in [0, 0.05) is 5.56 Å². The van der Waals surface area contributed by atoms with Crippen LogP contribution in [-0.4, -0.2) is 36.9 Å². The average Bonchev–Trinajstić information content (AvgIpc) is 2.98. The number of esters is 1. The van der Waals surface area contributed by atoms with Crippen LogP contribution in [0.4, 0.5) is 5.82 Å². The fourth-order valence-corrected chi connectivity index (χ4v) is 4.19. The van der Waals surface area contributed by atoms with Gasteiger partial charge in [-0.25, -0.2) is 8.42 Å². The van der Waals surface area contributed by atoms with Crippen molar-refractivity contribution in [3.05, 3.63) is 11.8 Å². The van der Waals surface area contributed by atoms with E-state index in [4.69, 9.17) is 0 Å². The molecule has 1 heterocycles. The normalized spacial score (nSPS) is 23.3. The van der Waals surface area contributed by atoms with E-state index in [1.165, 1.54) is 13.3 Å². The Labute approximate surface area is 111 Å². The SMILES string of the molecule is COC(=O)C1CCCC1S(=O)(=O)Nc1[nH]ncc1C. The Balaban J connectivity index is 2.19. The topological polar surface area (TPSA) is 101 Å². The van der Waals surface area contributed by atoms with Gasteiger partial charge in [-0.15, -0.1) is 0 Å². The number of aryl methyl sites for hydroxylation is 1. The maximum Gasteiger partial charge on any atom is 0.310 e. The van der Waals surface area contributed by atoms with Gasteiger partial charge >= 0.3 is 5.97 Å². The molecule has 1 aromatic rings. The minimum absolute atomic E-state index is 0.343. The van der Waals surface area contributed by atoms with E-state index in [0.717, 1.165) is 0 Å². The molecule has 0 bridgehead atoms. The molecule has 2 rings (SSSR count). The summed E-state index contributed by atoms with van der Waals surface area (Å²) in [5.41, 5.74) is 0.705. The highest BCUT2D eigenvalue weighted by atomic mass is 32.2. The van der Waals surface area contributed by atoms with Crippen molar-refractivity contribution >= 4 is 21.8 Å². The molecule has 1 aromatic heterocycles. The summed E-state index contributed by atoms with van der Waals surface area (Å²) >= 11 is 0. The number of sulfonamides is 1. The number of ether oxygens (including phenoxy) is 1. The number of anilines is 1. The van der Waals surface area contributed by atoms with E-state index in [1.54, 1.807) is 6.92 Å². The molecule has 0 radical (unpaired) electrons. The molecular weight excluding hydrogens is 270 g/mol. The Morgan fingerprint density at radius 3 is 2.84 bits per heavy atom. The van der Waals surface area contributed by atoms with Gasteiger partial charge in [-0.3, -0.25) is 14.6 Å². The Hall–Kier alpha value is -1.57. The number of hydrogen-bond acceptors (Lipinski definition) is 5. The van der Waals surface area contributed by atoms with Crippen molar-refractivity contribution in [1.29, 1.82) is 0 Å². The molecule has 2 N–H and O–H groups in total. The summed E-state index contributed by atoms with van der Waals surface area (Å²) in [6, 6.07) is 0. The van der Waals surface area contributed by atoms with Gasteiger partial charge < -0.3 is 4.74 Å². The summed E-state index contributed by atoms with van der Waals surface area (Å²) < 4.78 is 31.8. The number of methoxy groups -OCH3 is 1. The van der Waals surface area contributed by atoms with Crippen molar-refractivity contribution in [1.82, 2.24) is 10.2 Å². The van der Waals surface area contributed by atoms with Crippen LogP contribution in [0.1, 0.15) is 24.8 Å². The van der Waals surface area contributed by atoms with E-state index >= 15 is 0 Å². The third-order valence-corrected chi connectivity index (χ3v) is 5.28. The Morgan fingerprint density at radius 2 is 2.26 bits per heavy atom. The second kappa shape index (κ2) is 5.20. The van der Waals surface area contributed by atoms with Crippen molar-refractivity contribution < 1.29 is 17.9 Å². The van der Waals surface area contributed by atoms with Crippen LogP contribution in [-0.2, 0) is 19.6 Å². The molecule has 1 aliphatic rings. The molecule has 0 spiro atoms. The number of nitrogens with zero attached hydrogens (tertiary/aromatic N) is 1. The molecule has 7 nitrogen and oxygen atoms in total. The Morgan fingerprint density at radius 1 is 1.53 bits per heavy atom. The number of hydrogen-bond donors (Lipinski definition) is 2. The third-order valence-electron chi connectivity index (χ3n) is 3.43. The van der Waals surface area contributed by atoms with Crippen molar-refractivity contribution in [2.24, 2.45) is 5.92 Å². The molecule has 0 aliphatic heterocycles. The first-order valence-electron chi connectivity index (χ1n) is 6.05. The summed E-state index contributed by atoms with van der Waals surface area (Å²) in [7, 11) is -2.36. The number of aromatic nitrogens is 2. The zero-order valence-electron chi connectivity index (χ0n) is 10.8. The van der Waals surface area contributed by atoms with Crippen LogP contribution in [0.15, 0.2) is 6.20 Å². The molecule has 0 saturated heterocycles. The number of rotatable bonds is 4. The predicted molar refractivity (Wildman–Crippen MR) is 69.0 cm³/mol. The molecule has 8 heteroatoms. The first kappa shape index (κ1) is 13.9. The number of nitrogens with one attached hydrogen (secondary N) is 2. The van der Waals surface area contributed by atoms with Gasteiger partial charge in [-0.1, -0.05) is 6.42 Å². The van der Waals surface area contributed by atoms with Crippen LogP contribution >= 0.6 is 0 Å². The summed E-state index contributed by atoms with van der Waals surface area (Å²) in [5.74, 6) is -0.713. The van der Waals surface area contributed by atoms with Gasteiger partial charge in [-0.05, 0) is 19.8 Å². The maximum absolute atomic E-state index is 12.3. The predicted octanol–water partition coefficient (Wildman–Crippen LogP) is 0.802. The first-order valence-corrected chi connectivity index (χ1v) is 7.59. The van der Waals surface area contributed by atoms with E-state index in [-0.39, 0.29) is 0 Å². The molecule has 1 fully saturated rings. The molecule has 1 aliphatic carbocycles. The van der Waals surface area contributed by atoms with Gasteiger partial charge in [0.2, 0.25) is 10.0 Å². The van der Waals surface area contributed by atoms with Crippen molar-refractivity contribution in [3.63, 3.8) is 0 Å². The lowest BCUT2D eigenvalue weighted by Gasteiger charge is -2.18. The highest BCUT2D eigenvalue weighted by molar-refractivity contribution is 7.93. The number of carbonyl (C=O) groups is 1. The quantitative estimate of drug-likeness (QED) is 0.798. The molecule has 106 valence electrons. The van der Waals surface area contributed by atoms with Crippen molar-refractivity contribution in [2.75, 3.05) is 11.8 Å². The van der Waals surface area contributed by atoms with Crippen LogP contribution in [0.3, 0.4) is 0 Å². The number of H-pyrrole nitrogens is 1. The lowest BCUT2D eigenvalue weighted by molar-refractivity contribution is -0.145. The highest BCUT2D eigenvalue weighted by Crippen LogP contribution is 2.33. The van der Waals surface area contributed by atoms with Crippen molar-refractivity contribution in [2.45, 2.75) is 31.4 Å². The van der Waals surface area contributed by atoms with E-state index in [1.807, 2.05) is 0 Å². The standard InChI is InChI=1S/C11H17N3O4S/c1-7-6-12-13-10(7)14-19(16,17)9-5-3-4-8(9)11(15)18-2/h6,8-9H,3-5H2,1-2H3,(H2,12,13,14). The van der Waals surface area contributed by atoms with E-state index in [2.05, 4.69) is 19.7 Å². The fourth-order valence-electron chi connectivity index (χ4n) is 2.39. The first-order chi connectivity index (χ1) is 8.95. The van der Waals surface area contributed by atoms with Crippen LogP contribution in [0.2, 0.25) is 0 Å². The second-order valence-corrected chi connectivity index (χ2v) is 6.57. The summed E-state index contributed by atoms with van der Waals surface area (Å²) in [4.78, 5) is 11.6. The molecule has 1 saturated carbocycles. The molecule has 0 amide bonds. The van der Waals surface area contributed by atoms with Crippen LogP contribution in [0, 0.1) is 12.8 Å². The molecule has 19 heavy (non-hydrogen) atoms. The fraction of sp³-hybridized carbons (Fsp3) is 0.636. The number of carbonyl (C=O) groups excluding carboxylic acids is 1. The Kier molecular flexibility index (Phi) is 3.79. The smallest absolute Gasteiger partial charge is 0.310 e. The van der Waals surface area contributed by atoms with Crippen molar-refractivity contribution in [3.8, 4) is 0 Å². The van der Waals surface area contributed by atoms with Gasteiger partial charge in [0.15, 0.2) is 0 Å². The average molecular weight is 287 g/mol. The second-order valence-electron chi connectivity index (χ2n) is 4.67. The van der Waals surface area contributed by atoms with E-state index < -0.39 is 27.2 Å². The van der Waals surface area contributed by atoms with Gasteiger partial charge in [-0.2, -0.15) is 5.10 Å². The largest absolute Gasteiger partial charge is 0.469 e. The Bertz CT molecular complexity index is 566. The monoisotopic (exact) mass is 287 g/mol. The van der Waals surface area contributed by atoms with Crippen LogP contribution in [0.25, 0.3) is 0 Å². The highest BCUT2D eigenvalue weighted by Gasteiger charge is 2.42. The van der Waals surface area contributed by atoms with Gasteiger partial charge in [0.1, 0.15) is 5.82 Å². The minimum atomic E-state index is -3.63. The van der Waals surface area contributed by atoms with Gasteiger partial charge in [0.25, 0.3) is 0 Å². The molecule has 0 aromatic carbocycles. The zero-order chi connectivity index (χ0) is 14.0. The van der Waals surface area contributed by atoms with Gasteiger partial charge in [0.05, 0.1) is 24.5 Å². The number of aromatic amines is 1. The third kappa shape index (κ3) is 2.73.